The first kappa shape index (κ1) is 15.4. The molecule has 1 N–H and O–H groups in total. The molecule has 5 heteroatoms. The molecule has 106 valence electrons. The number of rotatable bonds is 8. The summed E-state index contributed by atoms with van der Waals surface area (Å²) in [6, 6.07) is 0.320. The van der Waals surface area contributed by atoms with Gasteiger partial charge in [0, 0.05) is 25.7 Å². The summed E-state index contributed by atoms with van der Waals surface area (Å²) in [5.74, 6) is 0.101. The number of carbonyl (C=O) groups excluding carboxylic acids is 1. The van der Waals surface area contributed by atoms with Crippen molar-refractivity contribution in [1.82, 2.24) is 10.2 Å². The van der Waals surface area contributed by atoms with E-state index in [1.54, 1.807) is 0 Å². The van der Waals surface area contributed by atoms with E-state index in [4.69, 9.17) is 9.47 Å². The van der Waals surface area contributed by atoms with Gasteiger partial charge < -0.3 is 19.7 Å². The maximum Gasteiger partial charge on any atom is 0.251 e. The summed E-state index contributed by atoms with van der Waals surface area (Å²) in [6.45, 7) is 7.19. The molecule has 0 spiro atoms. The molecular formula is C13H26N2O3. The second-order valence-corrected chi connectivity index (χ2v) is 4.60. The molecule has 1 saturated heterocycles. The Bertz CT molecular complexity index is 248. The number of likely N-dealkylation sites (tertiary alicyclic amines) is 1. The second-order valence-electron chi connectivity index (χ2n) is 4.60. The van der Waals surface area contributed by atoms with Gasteiger partial charge in [-0.15, -0.1) is 0 Å². The summed E-state index contributed by atoms with van der Waals surface area (Å²) >= 11 is 0. The average Bonchev–Trinajstić information content (AvgIpc) is 2.82. The van der Waals surface area contributed by atoms with Crippen LogP contribution in [-0.2, 0) is 14.3 Å². The van der Waals surface area contributed by atoms with Crippen molar-refractivity contribution in [3.05, 3.63) is 0 Å². The van der Waals surface area contributed by atoms with Gasteiger partial charge in [-0.1, -0.05) is 0 Å². The molecule has 0 bridgehead atoms. The van der Waals surface area contributed by atoms with Gasteiger partial charge in [0.25, 0.3) is 5.91 Å². The number of hydrogen-bond acceptors (Lipinski definition) is 4. The normalized spacial score (nSPS) is 21.3. The van der Waals surface area contributed by atoms with E-state index in [0.717, 1.165) is 25.9 Å². The summed E-state index contributed by atoms with van der Waals surface area (Å²) in [5, 5.41) is 3.14. The molecule has 0 aromatic carbocycles. The molecule has 2 atom stereocenters. The smallest absolute Gasteiger partial charge is 0.251 e. The molecule has 1 heterocycles. The lowest BCUT2D eigenvalue weighted by molar-refractivity contribution is -0.144. The molecule has 1 rings (SSSR count). The summed E-state index contributed by atoms with van der Waals surface area (Å²) < 4.78 is 10.7. The van der Waals surface area contributed by atoms with Gasteiger partial charge >= 0.3 is 0 Å². The van der Waals surface area contributed by atoms with Crippen LogP contribution in [0, 0.1) is 0 Å². The minimum atomic E-state index is -0.372. The quantitative estimate of drug-likeness (QED) is 0.649. The van der Waals surface area contributed by atoms with E-state index in [-0.39, 0.29) is 12.0 Å². The molecule has 5 nitrogen and oxygen atoms in total. The monoisotopic (exact) mass is 258 g/mol. The minimum absolute atomic E-state index is 0.101. The molecule has 0 saturated carbocycles. The first-order chi connectivity index (χ1) is 8.70. The third-order valence-electron chi connectivity index (χ3n) is 3.25. The molecule has 0 aromatic rings. The van der Waals surface area contributed by atoms with Crippen LogP contribution in [0.5, 0.6) is 0 Å². The zero-order valence-electron chi connectivity index (χ0n) is 11.8. The van der Waals surface area contributed by atoms with Crippen molar-refractivity contribution >= 4 is 5.91 Å². The third-order valence-corrected chi connectivity index (χ3v) is 3.25. The molecule has 0 aliphatic carbocycles. The Morgan fingerprint density at radius 2 is 2.28 bits per heavy atom. The molecule has 0 radical (unpaired) electrons. The van der Waals surface area contributed by atoms with Crippen LogP contribution in [0.3, 0.4) is 0 Å². The zero-order chi connectivity index (χ0) is 13.4. The highest BCUT2D eigenvalue weighted by Gasteiger charge is 2.31. The van der Waals surface area contributed by atoms with E-state index < -0.39 is 0 Å². The van der Waals surface area contributed by atoms with Gasteiger partial charge in [0.15, 0.2) is 0 Å². The number of hydrogen-bond donors (Lipinski definition) is 1. The minimum Gasteiger partial charge on any atom is -0.379 e. The fourth-order valence-electron chi connectivity index (χ4n) is 2.31. The van der Waals surface area contributed by atoms with Crippen LogP contribution in [0.15, 0.2) is 0 Å². The van der Waals surface area contributed by atoms with Crippen molar-refractivity contribution in [3.63, 3.8) is 0 Å². The van der Waals surface area contributed by atoms with E-state index in [9.17, 15) is 4.79 Å². The number of likely N-dealkylation sites (N-methyl/N-ethyl adjacent to an activating group) is 1. The van der Waals surface area contributed by atoms with Crippen molar-refractivity contribution in [2.75, 3.05) is 40.0 Å². The van der Waals surface area contributed by atoms with E-state index in [1.165, 1.54) is 0 Å². The lowest BCUT2D eigenvalue weighted by Crippen LogP contribution is -2.45. The first-order valence-electron chi connectivity index (χ1n) is 6.85. The molecule has 1 aliphatic rings. The van der Waals surface area contributed by atoms with Gasteiger partial charge in [-0.2, -0.15) is 0 Å². The van der Waals surface area contributed by atoms with Crippen LogP contribution in [-0.4, -0.2) is 62.9 Å². The van der Waals surface area contributed by atoms with Crippen LogP contribution < -0.4 is 5.32 Å². The highest BCUT2D eigenvalue weighted by Crippen LogP contribution is 2.18. The summed E-state index contributed by atoms with van der Waals surface area (Å²) in [6.07, 6.45) is 1.80. The molecule has 1 fully saturated rings. The summed E-state index contributed by atoms with van der Waals surface area (Å²) in [7, 11) is 1.92. The van der Waals surface area contributed by atoms with Crippen molar-refractivity contribution < 1.29 is 14.3 Å². The van der Waals surface area contributed by atoms with Crippen molar-refractivity contribution in [2.45, 2.75) is 38.8 Å². The van der Waals surface area contributed by atoms with Gasteiger partial charge in [-0.3, -0.25) is 4.79 Å². The first-order valence-corrected chi connectivity index (χ1v) is 6.85. The highest BCUT2D eigenvalue weighted by molar-refractivity contribution is 5.81. The Morgan fingerprint density at radius 1 is 1.50 bits per heavy atom. The van der Waals surface area contributed by atoms with E-state index in [2.05, 4.69) is 5.32 Å². The average molecular weight is 258 g/mol. The Balaban J connectivity index is 2.33. The lowest BCUT2D eigenvalue weighted by atomic mass is 10.2. The molecule has 18 heavy (non-hydrogen) atoms. The third kappa shape index (κ3) is 4.55. The molecular weight excluding hydrogens is 232 g/mol. The maximum absolute atomic E-state index is 12.2. The molecule has 1 amide bonds. The van der Waals surface area contributed by atoms with Crippen LogP contribution in [0.2, 0.25) is 0 Å². The predicted molar refractivity (Wildman–Crippen MR) is 70.6 cm³/mol. The lowest BCUT2D eigenvalue weighted by Gasteiger charge is -2.27. The number of carbonyl (C=O) groups is 1. The molecule has 0 aromatic heterocycles. The number of amides is 1. The van der Waals surface area contributed by atoms with Gasteiger partial charge in [0.2, 0.25) is 0 Å². The number of nitrogens with zero attached hydrogens (tertiary/aromatic N) is 1. The SMILES string of the molecule is CCOCCOC(C)C(=O)N1CCCC1CNC. The molecule has 2 unspecified atom stereocenters. The topological polar surface area (TPSA) is 50.8 Å². The largest absolute Gasteiger partial charge is 0.379 e. The van der Waals surface area contributed by atoms with Crippen LogP contribution >= 0.6 is 0 Å². The van der Waals surface area contributed by atoms with E-state index in [1.807, 2.05) is 25.8 Å². The zero-order valence-corrected chi connectivity index (χ0v) is 11.8. The predicted octanol–water partition coefficient (Wildman–Crippen LogP) is 0.638. The van der Waals surface area contributed by atoms with Gasteiger partial charge in [-0.05, 0) is 33.7 Å². The second kappa shape index (κ2) is 8.45. The van der Waals surface area contributed by atoms with Crippen LogP contribution in [0.1, 0.15) is 26.7 Å². The van der Waals surface area contributed by atoms with E-state index >= 15 is 0 Å². The van der Waals surface area contributed by atoms with Gasteiger partial charge in [0.05, 0.1) is 13.2 Å². The summed E-state index contributed by atoms with van der Waals surface area (Å²) in [4.78, 5) is 14.2. The van der Waals surface area contributed by atoms with Gasteiger partial charge in [0.1, 0.15) is 6.10 Å². The van der Waals surface area contributed by atoms with Crippen molar-refractivity contribution in [3.8, 4) is 0 Å². The van der Waals surface area contributed by atoms with Crippen molar-refractivity contribution in [2.24, 2.45) is 0 Å². The summed E-state index contributed by atoms with van der Waals surface area (Å²) in [5.41, 5.74) is 0. The fraction of sp³-hybridized carbons (Fsp3) is 0.923. The maximum atomic E-state index is 12.2. The van der Waals surface area contributed by atoms with Gasteiger partial charge in [-0.25, -0.2) is 0 Å². The highest BCUT2D eigenvalue weighted by atomic mass is 16.5. The number of ether oxygens (including phenoxy) is 2. The van der Waals surface area contributed by atoms with Crippen molar-refractivity contribution in [1.29, 1.82) is 0 Å². The van der Waals surface area contributed by atoms with Crippen LogP contribution in [0.4, 0.5) is 0 Å². The van der Waals surface area contributed by atoms with E-state index in [0.29, 0.717) is 25.9 Å². The Labute approximate surface area is 110 Å². The Morgan fingerprint density at radius 3 is 2.94 bits per heavy atom. The standard InChI is InChI=1S/C13H26N2O3/c1-4-17-8-9-18-11(2)13(16)15-7-5-6-12(15)10-14-3/h11-12,14H,4-10H2,1-3H3. The molecule has 1 aliphatic heterocycles. The Hall–Kier alpha value is -0.650. The number of nitrogens with one attached hydrogen (secondary N) is 1. The fourth-order valence-corrected chi connectivity index (χ4v) is 2.31. The van der Waals surface area contributed by atoms with Crippen LogP contribution in [0.25, 0.3) is 0 Å². The Kier molecular flexibility index (Phi) is 7.23.